The summed E-state index contributed by atoms with van der Waals surface area (Å²) in [4.78, 5) is 0. The van der Waals surface area contributed by atoms with Gasteiger partial charge in [0.1, 0.15) is 0 Å². The van der Waals surface area contributed by atoms with E-state index in [1.165, 1.54) is 19.3 Å². The van der Waals surface area contributed by atoms with Crippen LogP contribution in [0.2, 0.25) is 0 Å². The zero-order valence-electron chi connectivity index (χ0n) is 9.22. The monoisotopic (exact) mass is 205 g/mol. The molecule has 2 rings (SSSR count). The largest absolute Gasteiger partial charge is 0.397 e. The lowest BCUT2D eigenvalue weighted by Gasteiger charge is -2.15. The molecule has 0 aliphatic heterocycles. The van der Waals surface area contributed by atoms with Crippen molar-refractivity contribution >= 4 is 17.1 Å². The molecule has 5 N–H and O–H groups in total. The molecule has 3 heteroatoms. The van der Waals surface area contributed by atoms with Gasteiger partial charge in [-0.25, -0.2) is 0 Å². The minimum absolute atomic E-state index is 0.552. The maximum Gasteiger partial charge on any atom is 0.0568 e. The third-order valence-electron chi connectivity index (χ3n) is 3.46. The van der Waals surface area contributed by atoms with Crippen molar-refractivity contribution in [1.29, 1.82) is 0 Å². The molecule has 1 saturated carbocycles. The lowest BCUT2D eigenvalue weighted by molar-refractivity contribution is 0.521. The van der Waals surface area contributed by atoms with Crippen molar-refractivity contribution in [3.63, 3.8) is 0 Å². The molecule has 0 aromatic heterocycles. The molecule has 0 unspecified atom stereocenters. The Morgan fingerprint density at radius 1 is 1.27 bits per heavy atom. The van der Waals surface area contributed by atoms with E-state index in [2.05, 4.69) is 12.2 Å². The molecule has 0 spiro atoms. The highest BCUT2D eigenvalue weighted by atomic mass is 14.9. The Labute approximate surface area is 90.8 Å². The number of nitrogen functional groups attached to an aromatic ring is 2. The van der Waals surface area contributed by atoms with Crippen LogP contribution in [0, 0.1) is 5.41 Å². The fraction of sp³-hybridized carbons (Fsp3) is 0.500. The zero-order valence-corrected chi connectivity index (χ0v) is 9.22. The SMILES string of the molecule is CCC1(CNc2ccc(N)c(N)c2)CC1. The predicted molar refractivity (Wildman–Crippen MR) is 65.7 cm³/mol. The van der Waals surface area contributed by atoms with Crippen LogP contribution in [0.1, 0.15) is 26.2 Å². The Morgan fingerprint density at radius 3 is 2.53 bits per heavy atom. The van der Waals surface area contributed by atoms with Gasteiger partial charge in [0.15, 0.2) is 0 Å². The molecule has 0 atom stereocenters. The molecule has 1 aromatic rings. The second-order valence-electron chi connectivity index (χ2n) is 4.55. The van der Waals surface area contributed by atoms with E-state index < -0.39 is 0 Å². The van der Waals surface area contributed by atoms with Gasteiger partial charge in [-0.15, -0.1) is 0 Å². The van der Waals surface area contributed by atoms with Gasteiger partial charge >= 0.3 is 0 Å². The van der Waals surface area contributed by atoms with E-state index in [0.29, 0.717) is 16.8 Å². The van der Waals surface area contributed by atoms with Crippen molar-refractivity contribution in [2.75, 3.05) is 23.3 Å². The number of nitrogens with two attached hydrogens (primary N) is 2. The molecule has 0 heterocycles. The third kappa shape index (κ3) is 2.17. The lowest BCUT2D eigenvalue weighted by atomic mass is 10.0. The number of benzene rings is 1. The van der Waals surface area contributed by atoms with E-state index in [0.717, 1.165) is 12.2 Å². The number of hydrogen-bond acceptors (Lipinski definition) is 3. The van der Waals surface area contributed by atoms with Gasteiger partial charge in [0.05, 0.1) is 11.4 Å². The first-order chi connectivity index (χ1) is 7.15. The van der Waals surface area contributed by atoms with Crippen LogP contribution < -0.4 is 16.8 Å². The second-order valence-corrected chi connectivity index (χ2v) is 4.55. The summed E-state index contributed by atoms with van der Waals surface area (Å²) in [6.07, 6.45) is 3.95. The molecule has 0 saturated heterocycles. The molecular weight excluding hydrogens is 186 g/mol. The van der Waals surface area contributed by atoms with Crippen LogP contribution in [0.25, 0.3) is 0 Å². The summed E-state index contributed by atoms with van der Waals surface area (Å²) in [6.45, 7) is 3.30. The lowest BCUT2D eigenvalue weighted by Crippen LogP contribution is -2.14. The summed E-state index contributed by atoms with van der Waals surface area (Å²) < 4.78 is 0. The minimum atomic E-state index is 0.552. The maximum atomic E-state index is 5.74. The smallest absolute Gasteiger partial charge is 0.0568 e. The summed E-state index contributed by atoms with van der Waals surface area (Å²) >= 11 is 0. The van der Waals surface area contributed by atoms with Crippen molar-refractivity contribution in [3.05, 3.63) is 18.2 Å². The Hall–Kier alpha value is -1.38. The van der Waals surface area contributed by atoms with Crippen molar-refractivity contribution in [2.24, 2.45) is 5.41 Å². The van der Waals surface area contributed by atoms with Crippen molar-refractivity contribution in [2.45, 2.75) is 26.2 Å². The Bertz CT molecular complexity index is 356. The summed E-state index contributed by atoms with van der Waals surface area (Å²) in [5.41, 5.74) is 14.3. The average Bonchev–Trinajstić information content (AvgIpc) is 3.01. The van der Waals surface area contributed by atoms with Crippen LogP contribution in [0.15, 0.2) is 18.2 Å². The fourth-order valence-electron chi connectivity index (χ4n) is 1.81. The normalized spacial score (nSPS) is 17.4. The second kappa shape index (κ2) is 3.65. The summed E-state index contributed by atoms with van der Waals surface area (Å²) in [7, 11) is 0. The molecule has 0 amide bonds. The highest BCUT2D eigenvalue weighted by molar-refractivity contribution is 5.69. The Kier molecular flexibility index (Phi) is 2.47. The van der Waals surface area contributed by atoms with Gasteiger partial charge in [0, 0.05) is 12.2 Å². The topological polar surface area (TPSA) is 64.1 Å². The first kappa shape index (κ1) is 10.1. The van der Waals surface area contributed by atoms with E-state index >= 15 is 0 Å². The predicted octanol–water partition coefficient (Wildman–Crippen LogP) is 2.45. The van der Waals surface area contributed by atoms with E-state index in [1.807, 2.05) is 18.2 Å². The molecule has 3 nitrogen and oxygen atoms in total. The first-order valence-corrected chi connectivity index (χ1v) is 5.54. The number of rotatable bonds is 4. The maximum absolute atomic E-state index is 5.74. The van der Waals surface area contributed by atoms with Gasteiger partial charge in [-0.2, -0.15) is 0 Å². The standard InChI is InChI=1S/C12H19N3/c1-2-12(5-6-12)8-15-9-3-4-10(13)11(14)7-9/h3-4,7,15H,2,5-6,8,13-14H2,1H3. The summed E-state index contributed by atoms with van der Waals surface area (Å²) in [6, 6.07) is 5.74. The minimum Gasteiger partial charge on any atom is -0.397 e. The molecule has 82 valence electrons. The highest BCUT2D eigenvalue weighted by Gasteiger charge is 2.40. The number of anilines is 3. The number of hydrogen-bond donors (Lipinski definition) is 3. The van der Waals surface area contributed by atoms with Crippen LogP contribution in [-0.4, -0.2) is 6.54 Å². The fourth-order valence-corrected chi connectivity index (χ4v) is 1.81. The van der Waals surface area contributed by atoms with E-state index in [-0.39, 0.29) is 0 Å². The molecular formula is C12H19N3. The van der Waals surface area contributed by atoms with Gasteiger partial charge in [-0.1, -0.05) is 6.92 Å². The van der Waals surface area contributed by atoms with E-state index in [4.69, 9.17) is 11.5 Å². The molecule has 0 radical (unpaired) electrons. The van der Waals surface area contributed by atoms with Crippen molar-refractivity contribution < 1.29 is 0 Å². The van der Waals surface area contributed by atoms with Crippen molar-refractivity contribution in [1.82, 2.24) is 0 Å². The average molecular weight is 205 g/mol. The molecule has 0 bridgehead atoms. The van der Waals surface area contributed by atoms with Gasteiger partial charge in [0.25, 0.3) is 0 Å². The Morgan fingerprint density at radius 2 is 2.00 bits per heavy atom. The quantitative estimate of drug-likeness (QED) is 0.661. The van der Waals surface area contributed by atoms with Gasteiger partial charge in [-0.3, -0.25) is 0 Å². The molecule has 1 aliphatic carbocycles. The van der Waals surface area contributed by atoms with Crippen LogP contribution in [0.3, 0.4) is 0 Å². The Balaban J connectivity index is 1.96. The van der Waals surface area contributed by atoms with Gasteiger partial charge < -0.3 is 16.8 Å². The highest BCUT2D eigenvalue weighted by Crippen LogP contribution is 2.48. The third-order valence-corrected chi connectivity index (χ3v) is 3.46. The molecule has 1 fully saturated rings. The summed E-state index contributed by atoms with van der Waals surface area (Å²) in [5, 5.41) is 3.43. The van der Waals surface area contributed by atoms with Gasteiger partial charge in [-0.05, 0) is 42.9 Å². The van der Waals surface area contributed by atoms with Crippen LogP contribution in [0.5, 0.6) is 0 Å². The molecule has 15 heavy (non-hydrogen) atoms. The van der Waals surface area contributed by atoms with Crippen LogP contribution >= 0.6 is 0 Å². The molecule has 1 aliphatic rings. The van der Waals surface area contributed by atoms with Crippen LogP contribution in [-0.2, 0) is 0 Å². The number of nitrogens with one attached hydrogen (secondary N) is 1. The first-order valence-electron chi connectivity index (χ1n) is 5.54. The van der Waals surface area contributed by atoms with Crippen LogP contribution in [0.4, 0.5) is 17.1 Å². The van der Waals surface area contributed by atoms with E-state index in [9.17, 15) is 0 Å². The van der Waals surface area contributed by atoms with Gasteiger partial charge in [0.2, 0.25) is 0 Å². The zero-order chi connectivity index (χ0) is 10.9. The van der Waals surface area contributed by atoms with Crippen molar-refractivity contribution in [3.8, 4) is 0 Å². The molecule has 1 aromatic carbocycles. The summed E-state index contributed by atoms with van der Waals surface area (Å²) in [5.74, 6) is 0. The van der Waals surface area contributed by atoms with E-state index in [1.54, 1.807) is 0 Å².